The number of nitrogens with one attached hydrogen (secondary N) is 2. The van der Waals surface area contributed by atoms with E-state index in [1.165, 1.54) is 12.8 Å². The molecule has 0 radical (unpaired) electrons. The zero-order valence-corrected chi connectivity index (χ0v) is 20.8. The van der Waals surface area contributed by atoms with Crippen molar-refractivity contribution in [3.05, 3.63) is 47.8 Å². The van der Waals surface area contributed by atoms with Crippen LogP contribution in [-0.4, -0.2) is 35.3 Å². The Morgan fingerprint density at radius 2 is 1.77 bits per heavy atom. The number of aliphatic hydroxyl groups excluding tert-OH is 1. The molecule has 0 aromatic carbocycles. The average Bonchev–Trinajstić information content (AvgIpc) is 3.44. The van der Waals surface area contributed by atoms with Gasteiger partial charge in [0.1, 0.15) is 11.3 Å². The van der Waals surface area contributed by atoms with Crippen molar-refractivity contribution in [1.82, 2.24) is 10.6 Å². The Balaban J connectivity index is 1.46. The van der Waals surface area contributed by atoms with Gasteiger partial charge in [-0.25, -0.2) is 0 Å². The van der Waals surface area contributed by atoms with Gasteiger partial charge in [-0.2, -0.15) is 0 Å². The molecule has 9 atom stereocenters. The number of Topliss-reactive ketones (excluding diaryl/α,β-unsaturated/α-hetero) is 1. The van der Waals surface area contributed by atoms with Gasteiger partial charge in [-0.15, -0.1) is 0 Å². The zero-order chi connectivity index (χ0) is 24.7. The third-order valence-corrected chi connectivity index (χ3v) is 9.52. The Bertz CT molecular complexity index is 1010. The van der Waals surface area contributed by atoms with Crippen LogP contribution in [-0.2, 0) is 14.4 Å². The van der Waals surface area contributed by atoms with E-state index in [1.807, 2.05) is 12.2 Å². The summed E-state index contributed by atoms with van der Waals surface area (Å²) in [7, 11) is 0. The summed E-state index contributed by atoms with van der Waals surface area (Å²) >= 11 is 0. The second-order valence-corrected chi connectivity index (χ2v) is 11.3. The number of hydrogen-bond acceptors (Lipinski definition) is 4. The van der Waals surface area contributed by atoms with Gasteiger partial charge in [-0.05, 0) is 91.6 Å². The van der Waals surface area contributed by atoms with Gasteiger partial charge in [-0.3, -0.25) is 14.4 Å². The third kappa shape index (κ3) is 4.41. The molecule has 35 heavy (non-hydrogen) atoms. The molecule has 2 heterocycles. The maximum atomic E-state index is 12.8. The van der Waals surface area contributed by atoms with Crippen LogP contribution in [0.25, 0.3) is 0 Å². The summed E-state index contributed by atoms with van der Waals surface area (Å²) in [4.78, 5) is 37.6. The summed E-state index contributed by atoms with van der Waals surface area (Å²) in [5, 5.41) is 16.3. The first-order valence-electron chi connectivity index (χ1n) is 13.5. The van der Waals surface area contributed by atoms with Crippen LogP contribution in [0.15, 0.2) is 47.8 Å². The first-order valence-corrected chi connectivity index (χ1v) is 13.5. The van der Waals surface area contributed by atoms with Crippen LogP contribution in [0.2, 0.25) is 0 Å². The van der Waals surface area contributed by atoms with Crippen molar-refractivity contribution in [2.75, 3.05) is 6.54 Å². The first kappa shape index (κ1) is 24.1. The molecule has 5 aliphatic rings. The average molecular weight is 479 g/mol. The fraction of sp³-hybridized carbons (Fsp3) is 0.621. The molecule has 2 amide bonds. The van der Waals surface area contributed by atoms with E-state index in [0.717, 1.165) is 24.7 Å². The highest BCUT2D eigenvalue weighted by molar-refractivity contribution is 6.27. The first-order chi connectivity index (χ1) is 16.9. The van der Waals surface area contributed by atoms with E-state index in [0.29, 0.717) is 49.0 Å². The predicted molar refractivity (Wildman–Crippen MR) is 134 cm³/mol. The molecule has 1 saturated heterocycles. The number of ketones is 1. The summed E-state index contributed by atoms with van der Waals surface area (Å²) in [6.07, 6.45) is 17.4. The molecule has 188 valence electrons. The van der Waals surface area contributed by atoms with E-state index in [4.69, 9.17) is 0 Å². The minimum atomic E-state index is -0.645. The highest BCUT2D eigenvalue weighted by Crippen LogP contribution is 2.59. The lowest BCUT2D eigenvalue weighted by atomic mass is 9.69. The lowest BCUT2D eigenvalue weighted by Gasteiger charge is -2.35. The Morgan fingerprint density at radius 3 is 2.57 bits per heavy atom. The summed E-state index contributed by atoms with van der Waals surface area (Å²) in [5.74, 6) is 3.16. The zero-order valence-electron chi connectivity index (χ0n) is 20.8. The number of hydrogen-bond donors (Lipinski definition) is 3. The number of amides is 2. The van der Waals surface area contributed by atoms with Gasteiger partial charge in [-0.1, -0.05) is 44.6 Å². The molecule has 3 N–H and O–H groups in total. The molecular formula is C29H38N2O4. The number of carbonyl (C=O) groups excluding carboxylic acids is 3. The number of fused-ring (bicyclic) bond motifs is 7. The van der Waals surface area contributed by atoms with Crippen molar-refractivity contribution in [1.29, 1.82) is 0 Å². The Morgan fingerprint density at radius 1 is 1.00 bits per heavy atom. The van der Waals surface area contributed by atoms with Crippen LogP contribution < -0.4 is 10.6 Å². The van der Waals surface area contributed by atoms with Crippen molar-refractivity contribution in [2.45, 2.75) is 58.4 Å². The van der Waals surface area contributed by atoms with Gasteiger partial charge in [0.25, 0.3) is 5.91 Å². The van der Waals surface area contributed by atoms with Crippen LogP contribution >= 0.6 is 0 Å². The highest BCUT2D eigenvalue weighted by Gasteiger charge is 2.52. The lowest BCUT2D eigenvalue weighted by Crippen LogP contribution is -2.31. The summed E-state index contributed by atoms with van der Waals surface area (Å²) in [6.45, 7) is 5.14. The fourth-order valence-corrected chi connectivity index (χ4v) is 7.92. The predicted octanol–water partition coefficient (Wildman–Crippen LogP) is 4.02. The molecule has 0 aromatic heterocycles. The van der Waals surface area contributed by atoms with Crippen LogP contribution in [0.5, 0.6) is 0 Å². The molecule has 5 rings (SSSR count). The Hall–Kier alpha value is -2.63. The van der Waals surface area contributed by atoms with E-state index in [2.05, 4.69) is 36.6 Å². The minimum Gasteiger partial charge on any atom is -0.507 e. The van der Waals surface area contributed by atoms with E-state index in [9.17, 15) is 19.5 Å². The second kappa shape index (κ2) is 9.79. The summed E-state index contributed by atoms with van der Waals surface area (Å²) < 4.78 is 0. The van der Waals surface area contributed by atoms with Crippen molar-refractivity contribution in [2.24, 2.45) is 47.3 Å². The third-order valence-electron chi connectivity index (χ3n) is 9.52. The number of rotatable bonds is 1. The molecule has 6 nitrogen and oxygen atoms in total. The minimum absolute atomic E-state index is 0.117. The highest BCUT2D eigenvalue weighted by atomic mass is 16.3. The van der Waals surface area contributed by atoms with Crippen LogP contribution in [0.4, 0.5) is 0 Å². The number of carbonyl (C=O) groups is 3. The SMILES string of the molecule is CCC1C(C)CC2C1C=CC1C3C/C=C/C(=O)NCCCC4NC(=O)/C(=C(O)\C=C\C3CC12)C4=O. The maximum Gasteiger partial charge on any atom is 0.259 e. The van der Waals surface area contributed by atoms with Crippen LogP contribution in [0.1, 0.15) is 52.4 Å². The number of allylic oxidation sites excluding steroid dienone is 5. The molecule has 2 bridgehead atoms. The molecule has 9 unspecified atom stereocenters. The molecule has 0 spiro atoms. The van der Waals surface area contributed by atoms with Gasteiger partial charge >= 0.3 is 0 Å². The van der Waals surface area contributed by atoms with Gasteiger partial charge in [0.2, 0.25) is 5.91 Å². The van der Waals surface area contributed by atoms with Crippen LogP contribution in [0, 0.1) is 47.3 Å². The molecule has 0 aromatic rings. The molecule has 2 aliphatic heterocycles. The van der Waals surface area contributed by atoms with E-state index >= 15 is 0 Å². The summed E-state index contributed by atoms with van der Waals surface area (Å²) in [6, 6.07) is -0.645. The molecule has 2 saturated carbocycles. The smallest absolute Gasteiger partial charge is 0.259 e. The molecular weight excluding hydrogens is 440 g/mol. The largest absolute Gasteiger partial charge is 0.507 e. The van der Waals surface area contributed by atoms with Crippen molar-refractivity contribution >= 4 is 17.6 Å². The van der Waals surface area contributed by atoms with Gasteiger partial charge in [0.15, 0.2) is 5.78 Å². The molecule has 6 heteroatoms. The van der Waals surface area contributed by atoms with Crippen LogP contribution in [0.3, 0.4) is 0 Å². The quantitative estimate of drug-likeness (QED) is 0.392. The Labute approximate surface area is 208 Å². The number of aliphatic hydroxyl groups is 1. The normalized spacial score (nSPS) is 45.3. The van der Waals surface area contributed by atoms with Crippen molar-refractivity contribution < 1.29 is 19.5 Å². The van der Waals surface area contributed by atoms with E-state index in [-0.39, 0.29) is 28.9 Å². The van der Waals surface area contributed by atoms with E-state index in [1.54, 1.807) is 12.2 Å². The fourth-order valence-electron chi connectivity index (χ4n) is 7.92. The topological polar surface area (TPSA) is 95.5 Å². The van der Waals surface area contributed by atoms with Crippen molar-refractivity contribution in [3.8, 4) is 0 Å². The summed E-state index contributed by atoms with van der Waals surface area (Å²) in [5.41, 5.74) is -0.135. The van der Waals surface area contributed by atoms with Crippen molar-refractivity contribution in [3.63, 3.8) is 0 Å². The maximum absolute atomic E-state index is 12.8. The monoisotopic (exact) mass is 478 g/mol. The van der Waals surface area contributed by atoms with Gasteiger partial charge in [0.05, 0.1) is 6.04 Å². The second-order valence-electron chi connectivity index (χ2n) is 11.3. The molecule has 3 aliphatic carbocycles. The standard InChI is InChI=1S/C29H38N2O4/c1-3-18-16(2)14-22-20(18)10-11-21-19-6-4-8-26(33)30-13-5-7-24-28(34)27(29(35)31-24)25(32)12-9-17(19)15-23(21)22/h4,8-12,16-24,32H,3,5-7,13-15H2,1-2H3,(H,30,33)(H,31,35)/b8-4+,12-9+,27-25+. The van der Waals surface area contributed by atoms with E-state index < -0.39 is 11.9 Å². The molecule has 3 fully saturated rings. The lowest BCUT2D eigenvalue weighted by molar-refractivity contribution is -0.118. The van der Waals surface area contributed by atoms with Gasteiger partial charge < -0.3 is 15.7 Å². The Kier molecular flexibility index (Phi) is 6.73. The van der Waals surface area contributed by atoms with Gasteiger partial charge in [0, 0.05) is 6.54 Å².